The third-order valence-electron chi connectivity index (χ3n) is 5.34. The van der Waals surface area contributed by atoms with Gasteiger partial charge in [-0.15, -0.1) is 0 Å². The Morgan fingerprint density at radius 3 is 1.16 bits per heavy atom. The molecule has 31 heavy (non-hydrogen) atoms. The summed E-state index contributed by atoms with van der Waals surface area (Å²) in [7, 11) is 0. The first-order valence-corrected chi connectivity index (χ1v) is 15.4. The van der Waals surface area contributed by atoms with E-state index < -0.39 is 16.8 Å². The molecule has 4 heteroatoms. The van der Waals surface area contributed by atoms with Gasteiger partial charge in [-0.2, -0.15) is 0 Å². The predicted octanol–water partition coefficient (Wildman–Crippen LogP) is 6.64. The van der Waals surface area contributed by atoms with Gasteiger partial charge < -0.3 is 0 Å². The fourth-order valence-corrected chi connectivity index (χ4v) is 11.0. The van der Waals surface area contributed by atoms with Crippen LogP contribution < -0.4 is 0 Å². The Bertz CT molecular complexity index is 749. The summed E-state index contributed by atoms with van der Waals surface area (Å²) < 4.78 is 5.06. The van der Waals surface area contributed by atoms with Crippen LogP contribution in [0.5, 0.6) is 0 Å². The molecule has 3 nitrogen and oxygen atoms in total. The van der Waals surface area contributed by atoms with Gasteiger partial charge in [0.05, 0.1) is 0 Å². The van der Waals surface area contributed by atoms with Gasteiger partial charge in [0.15, 0.2) is 0 Å². The average molecular weight is 453 g/mol. The van der Waals surface area contributed by atoms with Crippen molar-refractivity contribution in [2.45, 2.75) is 40.9 Å². The molecule has 0 heterocycles. The first kappa shape index (κ1) is 23.9. The molecule has 3 aromatic rings. The van der Waals surface area contributed by atoms with Gasteiger partial charge >= 0.3 is 192 Å². The SMILES string of the molecule is CCCO[N](OCCC)[Ti]([CH2]c1ccccc1)([CH2]c1ccccc1)[CH2]c1ccccc1. The molecule has 0 spiro atoms. The number of nitrogens with zero attached hydrogens (tertiary/aromatic N) is 1. The third kappa shape index (κ3) is 7.41. The maximum absolute atomic E-state index is 6.37. The monoisotopic (exact) mass is 453 g/mol. The molecule has 0 fully saturated rings. The van der Waals surface area contributed by atoms with Crippen LogP contribution in [-0.4, -0.2) is 16.9 Å². The van der Waals surface area contributed by atoms with Crippen molar-refractivity contribution in [3.63, 3.8) is 0 Å². The molecule has 0 saturated heterocycles. The van der Waals surface area contributed by atoms with Gasteiger partial charge in [-0.1, -0.05) is 0 Å². The van der Waals surface area contributed by atoms with E-state index >= 15 is 0 Å². The van der Waals surface area contributed by atoms with Gasteiger partial charge in [0.25, 0.3) is 0 Å². The Labute approximate surface area is 191 Å². The summed E-state index contributed by atoms with van der Waals surface area (Å²) >= 11 is -3.02. The minimum atomic E-state index is -3.02. The van der Waals surface area contributed by atoms with Crippen molar-refractivity contribution in [1.29, 1.82) is 0 Å². The molecule has 0 radical (unpaired) electrons. The topological polar surface area (TPSA) is 21.7 Å². The molecule has 0 atom stereocenters. The van der Waals surface area contributed by atoms with Crippen LogP contribution in [0.15, 0.2) is 91.0 Å². The molecule has 0 aliphatic carbocycles. The van der Waals surface area contributed by atoms with Crippen LogP contribution in [-0.2, 0) is 40.7 Å². The summed E-state index contributed by atoms with van der Waals surface area (Å²) in [4.78, 5) is 12.7. The van der Waals surface area contributed by atoms with Gasteiger partial charge in [-0.25, -0.2) is 0 Å². The van der Waals surface area contributed by atoms with E-state index in [2.05, 4.69) is 105 Å². The zero-order chi connectivity index (χ0) is 21.8. The van der Waals surface area contributed by atoms with Crippen molar-refractivity contribution < 1.29 is 26.5 Å². The molecule has 3 rings (SSSR count). The normalized spacial score (nSPS) is 11.7. The molecule has 0 bridgehead atoms. The Kier molecular flexibility index (Phi) is 9.99. The summed E-state index contributed by atoms with van der Waals surface area (Å²) in [6.07, 6.45) is 1.93. The second kappa shape index (κ2) is 13.0. The van der Waals surface area contributed by atoms with Crippen LogP contribution in [0.3, 0.4) is 0 Å². The summed E-state index contributed by atoms with van der Waals surface area (Å²) in [5.74, 6) is 0. The first-order valence-electron chi connectivity index (χ1n) is 11.4. The molecule has 0 aromatic heterocycles. The summed E-state index contributed by atoms with van der Waals surface area (Å²) in [6, 6.07) is 32.5. The van der Waals surface area contributed by atoms with Crippen LogP contribution >= 0.6 is 0 Å². The van der Waals surface area contributed by atoms with E-state index in [-0.39, 0.29) is 0 Å². The number of hydrogen-bond donors (Lipinski definition) is 0. The van der Waals surface area contributed by atoms with Gasteiger partial charge in [-0.05, 0) is 0 Å². The van der Waals surface area contributed by atoms with Gasteiger partial charge in [0.1, 0.15) is 0 Å². The van der Waals surface area contributed by atoms with Gasteiger partial charge in [-0.3, -0.25) is 0 Å². The maximum atomic E-state index is 6.37. The Morgan fingerprint density at radius 2 is 0.871 bits per heavy atom. The van der Waals surface area contributed by atoms with Gasteiger partial charge in [0.2, 0.25) is 0 Å². The van der Waals surface area contributed by atoms with Crippen LogP contribution in [0.1, 0.15) is 43.4 Å². The number of hydrogen-bond acceptors (Lipinski definition) is 3. The van der Waals surface area contributed by atoms with E-state index in [1.807, 2.05) is 3.71 Å². The Balaban J connectivity index is 2.06. The van der Waals surface area contributed by atoms with Crippen molar-refractivity contribution in [3.8, 4) is 0 Å². The van der Waals surface area contributed by atoms with E-state index in [9.17, 15) is 0 Å². The molecule has 0 amide bonds. The fourth-order valence-electron chi connectivity index (χ4n) is 3.97. The summed E-state index contributed by atoms with van der Waals surface area (Å²) in [6.45, 7) is 5.65. The van der Waals surface area contributed by atoms with Crippen molar-refractivity contribution in [1.82, 2.24) is 3.71 Å². The molecule has 0 unspecified atom stereocenters. The predicted molar refractivity (Wildman–Crippen MR) is 125 cm³/mol. The average Bonchev–Trinajstić information content (AvgIpc) is 2.81. The second-order valence-corrected chi connectivity index (χ2v) is 14.2. The molecule has 3 aromatic carbocycles. The minimum absolute atomic E-state index is 0.676. The van der Waals surface area contributed by atoms with Gasteiger partial charge in [0, 0.05) is 0 Å². The zero-order valence-corrected chi connectivity index (χ0v) is 20.4. The van der Waals surface area contributed by atoms with Crippen molar-refractivity contribution in [2.75, 3.05) is 13.2 Å². The second-order valence-electron chi connectivity index (χ2n) is 8.14. The van der Waals surface area contributed by atoms with Crippen LogP contribution in [0, 0.1) is 0 Å². The summed E-state index contributed by atoms with van der Waals surface area (Å²) in [5, 5.41) is 0. The van der Waals surface area contributed by atoms with Crippen LogP contribution in [0.4, 0.5) is 0 Å². The number of rotatable bonds is 13. The van der Waals surface area contributed by atoms with Crippen LogP contribution in [0.25, 0.3) is 0 Å². The van der Waals surface area contributed by atoms with Crippen LogP contribution in [0.2, 0.25) is 0 Å². The number of benzene rings is 3. The standard InChI is InChI=1S/3C7H7.C6H14NO2.Ti/c3*1-7-5-3-2-4-6-7;1-3-5-8-7-9-6-4-2;/h3*2-6H,1H2;3-6H2,1-2H3;/q;;;-1;+1. The molecule has 0 aliphatic rings. The van der Waals surface area contributed by atoms with E-state index in [1.165, 1.54) is 16.7 Å². The molecule has 0 aliphatic heterocycles. The molecule has 164 valence electrons. The molecule has 0 N–H and O–H groups in total. The zero-order valence-electron chi connectivity index (χ0n) is 18.9. The van der Waals surface area contributed by atoms with Crippen molar-refractivity contribution >= 4 is 0 Å². The van der Waals surface area contributed by atoms with E-state index in [1.54, 1.807) is 0 Å². The van der Waals surface area contributed by atoms with Crippen molar-refractivity contribution in [2.24, 2.45) is 0 Å². The third-order valence-corrected chi connectivity index (χ3v) is 11.9. The Morgan fingerprint density at radius 1 is 0.548 bits per heavy atom. The van der Waals surface area contributed by atoms with Crippen molar-refractivity contribution in [3.05, 3.63) is 108 Å². The first-order chi connectivity index (χ1) is 15.3. The fraction of sp³-hybridized carbons (Fsp3) is 0.333. The molecular weight excluding hydrogens is 418 g/mol. The van der Waals surface area contributed by atoms with E-state index in [4.69, 9.17) is 9.68 Å². The molecular formula is C27H35NO2Ti. The quantitative estimate of drug-likeness (QED) is 0.214. The van der Waals surface area contributed by atoms with E-state index in [0.29, 0.717) is 13.2 Å². The Hall–Kier alpha value is -1.75. The van der Waals surface area contributed by atoms with E-state index in [0.717, 1.165) is 27.0 Å². The summed E-state index contributed by atoms with van der Waals surface area (Å²) in [5.41, 5.74) is 4.08. The molecule has 0 saturated carbocycles.